The largest absolute Gasteiger partial charge is 2.00 e. The second kappa shape index (κ2) is 16.0. The summed E-state index contributed by atoms with van der Waals surface area (Å²) in [6.45, 7) is 0. The van der Waals surface area contributed by atoms with Gasteiger partial charge in [-0.05, 0) is 58.6 Å². The molecule has 0 aliphatic heterocycles. The van der Waals surface area contributed by atoms with E-state index < -0.39 is 0 Å². The predicted molar refractivity (Wildman–Crippen MR) is 159 cm³/mol. The maximum absolute atomic E-state index is 5.32. The Morgan fingerprint density at radius 3 is 1.21 bits per heavy atom. The van der Waals surface area contributed by atoms with Crippen molar-refractivity contribution >= 4 is 89.8 Å². The Bertz CT molecular complexity index is 1480. The zero-order chi connectivity index (χ0) is 24.7. The molecule has 39 heavy (non-hydrogen) atoms. The molecule has 4 aromatic carbocycles. The van der Waals surface area contributed by atoms with Crippen LogP contribution < -0.4 is 24.8 Å². The Morgan fingerprint density at radius 2 is 0.846 bits per heavy atom. The number of rotatable bonds is 4. The molecule has 4 nitrogen and oxygen atoms in total. The van der Waals surface area contributed by atoms with Crippen molar-refractivity contribution in [1.82, 2.24) is 9.97 Å². The van der Waals surface area contributed by atoms with Crippen molar-refractivity contribution < 1.29 is 44.3 Å². The number of nitrogens with zero attached hydrogens (tertiary/aromatic N) is 4. The second-order valence-electron chi connectivity index (χ2n) is 7.48. The third-order valence-electron chi connectivity index (χ3n) is 4.93. The molecule has 0 unspecified atom stereocenters. The quantitative estimate of drug-likeness (QED) is 0.124. The van der Waals surface area contributed by atoms with E-state index in [-0.39, 0.29) is 44.3 Å². The number of fused-ring (bicyclic) bond motifs is 2. The first kappa shape index (κ1) is 32.9. The van der Waals surface area contributed by atoms with E-state index in [1.165, 1.54) is 0 Å². The number of halogens is 2. The normalized spacial score (nSPS) is 11.0. The molecule has 0 N–H and O–H groups in total. The summed E-state index contributed by atoms with van der Waals surface area (Å²) in [5.74, 6) is 0. The van der Waals surface area contributed by atoms with Crippen LogP contribution in [0.5, 0.6) is 0 Å². The molecule has 0 fully saturated rings. The molecule has 0 saturated carbocycles. The first-order chi connectivity index (χ1) is 17.7. The number of thiazole rings is 2. The monoisotopic (exact) mass is 672 g/mol. The van der Waals surface area contributed by atoms with Crippen molar-refractivity contribution in [3.8, 4) is 0 Å². The Morgan fingerprint density at radius 1 is 0.513 bits per heavy atom. The van der Waals surface area contributed by atoms with E-state index in [0.29, 0.717) is 10.1 Å². The fourth-order valence-electron chi connectivity index (χ4n) is 3.26. The maximum Gasteiger partial charge on any atom is 2.00 e. The van der Waals surface area contributed by atoms with E-state index in [1.54, 1.807) is 22.7 Å². The standard InChI is InChI=1S/2C14H10N2S2.2ClH.Zn/c2*17-13(15-10-6-2-1-3-7-10)14-16-11-8-4-5-9-12(11)18-14;;;/h2*1-9H,(H,15,17);2*1H;/q;;;;+2/p-4. The van der Waals surface area contributed by atoms with Crippen molar-refractivity contribution in [2.45, 2.75) is 0 Å². The Balaban J connectivity index is 0.000000254. The molecule has 0 aliphatic rings. The van der Waals surface area contributed by atoms with Gasteiger partial charge in [0.15, 0.2) is 0 Å². The minimum Gasteiger partial charge on any atom is -1.00 e. The van der Waals surface area contributed by atoms with Crippen molar-refractivity contribution in [3.63, 3.8) is 0 Å². The number of hydrogen-bond donors (Lipinski definition) is 0. The zero-order valence-corrected chi connectivity index (χ0v) is 28.0. The van der Waals surface area contributed by atoms with E-state index in [9.17, 15) is 0 Å². The molecule has 0 radical (unpaired) electrons. The molecule has 0 amide bonds. The number of aliphatic imine (C=N–C) groups is 2. The Hall–Kier alpha value is -2.36. The van der Waals surface area contributed by atoms with Gasteiger partial charge >= 0.3 is 19.5 Å². The van der Waals surface area contributed by atoms with Crippen LogP contribution in [-0.2, 0) is 44.7 Å². The van der Waals surface area contributed by atoms with Gasteiger partial charge in [-0.15, -0.1) is 22.7 Å². The second-order valence-corrected chi connectivity index (χ2v) is 10.3. The van der Waals surface area contributed by atoms with Crippen LogP contribution in [0.4, 0.5) is 11.4 Å². The first-order valence-corrected chi connectivity index (χ1v) is 13.4. The van der Waals surface area contributed by atoms with E-state index in [0.717, 1.165) is 41.8 Å². The smallest absolute Gasteiger partial charge is 1.00 e. The summed E-state index contributed by atoms with van der Waals surface area (Å²) >= 11 is 13.8. The van der Waals surface area contributed by atoms with Crippen molar-refractivity contribution in [3.05, 3.63) is 119 Å². The predicted octanol–water partition coefficient (Wildman–Crippen LogP) is 1.85. The van der Waals surface area contributed by atoms with Gasteiger partial charge in [-0.3, -0.25) is 9.98 Å². The molecule has 6 rings (SSSR count). The molecule has 0 aliphatic carbocycles. The zero-order valence-electron chi connectivity index (χ0n) is 20.3. The number of para-hydroxylation sites is 4. The molecule has 0 atom stereocenters. The van der Waals surface area contributed by atoms with E-state index in [2.05, 4.69) is 20.0 Å². The Kier molecular flexibility index (Phi) is 13.5. The minimum atomic E-state index is 0. The van der Waals surface area contributed by atoms with Crippen molar-refractivity contribution in [2.24, 2.45) is 9.98 Å². The van der Waals surface area contributed by atoms with Crippen LogP contribution in [0.3, 0.4) is 0 Å². The van der Waals surface area contributed by atoms with Crippen LogP contribution in [0.2, 0.25) is 0 Å². The fraction of sp³-hybridized carbons (Fsp3) is 0. The van der Waals surface area contributed by atoms with Gasteiger partial charge in [0.2, 0.25) is 0 Å². The third kappa shape index (κ3) is 8.82. The molecule has 192 valence electrons. The van der Waals surface area contributed by atoms with Gasteiger partial charge in [0.1, 0.15) is 10.0 Å². The van der Waals surface area contributed by atoms with Gasteiger partial charge in [-0.1, -0.05) is 60.7 Å². The molecular formula is C28H18Cl2N4S4Zn-2. The van der Waals surface area contributed by atoms with Gasteiger partial charge < -0.3 is 50.1 Å². The van der Waals surface area contributed by atoms with Gasteiger partial charge in [-0.25, -0.2) is 9.97 Å². The van der Waals surface area contributed by atoms with Crippen LogP contribution >= 0.6 is 22.7 Å². The summed E-state index contributed by atoms with van der Waals surface area (Å²) in [6.07, 6.45) is 0. The number of benzene rings is 4. The van der Waals surface area contributed by atoms with Crippen molar-refractivity contribution in [1.29, 1.82) is 0 Å². The molecule has 0 saturated heterocycles. The Labute approximate surface area is 271 Å². The average Bonchev–Trinajstić information content (AvgIpc) is 3.55. The van der Waals surface area contributed by atoms with E-state index >= 15 is 0 Å². The SMILES string of the molecule is [Cl-].[Cl-].[S-]C(=Nc1ccccc1)c1nc2ccccc2s1.[S-]C(=Nc1ccccc1)c1nc2ccccc2s1.[Zn+2]. The van der Waals surface area contributed by atoms with Gasteiger partial charge in [-0.2, -0.15) is 0 Å². The van der Waals surface area contributed by atoms with E-state index in [1.807, 2.05) is 109 Å². The summed E-state index contributed by atoms with van der Waals surface area (Å²) in [4.78, 5) is 17.8. The summed E-state index contributed by atoms with van der Waals surface area (Å²) < 4.78 is 2.27. The fourth-order valence-corrected chi connectivity index (χ4v) is 5.51. The van der Waals surface area contributed by atoms with Crippen LogP contribution in [0.1, 0.15) is 10.0 Å². The van der Waals surface area contributed by atoms with Crippen LogP contribution in [0.15, 0.2) is 119 Å². The first-order valence-electron chi connectivity index (χ1n) is 11.0. The van der Waals surface area contributed by atoms with Crippen LogP contribution in [-0.4, -0.2) is 20.1 Å². The minimum absolute atomic E-state index is 0. The van der Waals surface area contributed by atoms with Crippen LogP contribution in [0.25, 0.3) is 20.4 Å². The molecule has 6 aromatic rings. The van der Waals surface area contributed by atoms with Crippen molar-refractivity contribution in [2.75, 3.05) is 0 Å². The molecular weight excluding hydrogens is 657 g/mol. The summed E-state index contributed by atoms with van der Waals surface area (Å²) in [5.41, 5.74) is 3.68. The van der Waals surface area contributed by atoms with Gasteiger partial charge in [0, 0.05) is 0 Å². The topological polar surface area (TPSA) is 50.5 Å². The molecule has 11 heteroatoms. The average molecular weight is 675 g/mol. The summed E-state index contributed by atoms with van der Waals surface area (Å²) in [6, 6.07) is 35.4. The number of aromatic nitrogens is 2. The molecule has 0 bridgehead atoms. The van der Waals surface area contributed by atoms with E-state index in [4.69, 9.17) is 25.3 Å². The van der Waals surface area contributed by atoms with Crippen LogP contribution in [0, 0.1) is 0 Å². The number of hydrogen-bond acceptors (Lipinski definition) is 8. The summed E-state index contributed by atoms with van der Waals surface area (Å²) in [5, 5.41) is 2.69. The van der Waals surface area contributed by atoms with Gasteiger partial charge in [0.05, 0.1) is 31.8 Å². The molecule has 2 heterocycles. The maximum atomic E-state index is 5.32. The molecule has 2 aromatic heterocycles. The molecule has 0 spiro atoms. The summed E-state index contributed by atoms with van der Waals surface area (Å²) in [7, 11) is 0. The third-order valence-corrected chi connectivity index (χ3v) is 7.84. The van der Waals surface area contributed by atoms with Gasteiger partial charge in [0.25, 0.3) is 0 Å².